The standard InChI is InChI=1S/C16H24N2O4/c1-11(19)18(16(2,3)4)10-15(20)17-13-8-7-12(21-5)9-14(13)22-6/h7-9H,10H2,1-6H3,(H,17,20). The molecule has 1 aromatic carbocycles. The Morgan fingerprint density at radius 3 is 2.27 bits per heavy atom. The van der Waals surface area contributed by atoms with Crippen LogP contribution in [-0.4, -0.2) is 43.0 Å². The van der Waals surface area contributed by atoms with Gasteiger partial charge in [0.2, 0.25) is 11.8 Å². The van der Waals surface area contributed by atoms with E-state index in [4.69, 9.17) is 9.47 Å². The molecule has 0 aromatic heterocycles. The van der Waals surface area contributed by atoms with Crippen LogP contribution in [0.15, 0.2) is 18.2 Å². The summed E-state index contributed by atoms with van der Waals surface area (Å²) in [5.74, 6) is 0.700. The Bertz CT molecular complexity index is 550. The van der Waals surface area contributed by atoms with Gasteiger partial charge >= 0.3 is 0 Å². The Labute approximate surface area is 131 Å². The van der Waals surface area contributed by atoms with E-state index >= 15 is 0 Å². The molecule has 0 saturated carbocycles. The first-order valence-electron chi connectivity index (χ1n) is 6.99. The lowest BCUT2D eigenvalue weighted by Crippen LogP contribution is -2.48. The van der Waals surface area contributed by atoms with E-state index in [1.165, 1.54) is 18.9 Å². The van der Waals surface area contributed by atoms with E-state index in [-0.39, 0.29) is 18.4 Å². The second-order valence-electron chi connectivity index (χ2n) is 5.89. The first-order valence-corrected chi connectivity index (χ1v) is 6.99. The van der Waals surface area contributed by atoms with Crippen LogP contribution in [0.4, 0.5) is 5.69 Å². The van der Waals surface area contributed by atoms with Crippen molar-refractivity contribution >= 4 is 17.5 Å². The minimum Gasteiger partial charge on any atom is -0.497 e. The topological polar surface area (TPSA) is 67.9 Å². The number of hydrogen-bond acceptors (Lipinski definition) is 4. The van der Waals surface area contributed by atoms with Crippen molar-refractivity contribution in [2.45, 2.75) is 33.2 Å². The number of amides is 2. The summed E-state index contributed by atoms with van der Waals surface area (Å²) in [6, 6.07) is 5.11. The highest BCUT2D eigenvalue weighted by atomic mass is 16.5. The van der Waals surface area contributed by atoms with E-state index in [2.05, 4.69) is 5.32 Å². The first kappa shape index (κ1) is 17.8. The molecule has 0 aliphatic carbocycles. The van der Waals surface area contributed by atoms with Crippen molar-refractivity contribution in [3.05, 3.63) is 18.2 Å². The van der Waals surface area contributed by atoms with Gasteiger partial charge in [-0.05, 0) is 32.9 Å². The second kappa shape index (κ2) is 7.15. The van der Waals surface area contributed by atoms with Crippen LogP contribution >= 0.6 is 0 Å². The molecule has 6 heteroatoms. The largest absolute Gasteiger partial charge is 0.497 e. The Morgan fingerprint density at radius 1 is 1.18 bits per heavy atom. The van der Waals surface area contributed by atoms with Gasteiger partial charge in [-0.2, -0.15) is 0 Å². The van der Waals surface area contributed by atoms with Crippen molar-refractivity contribution in [3.8, 4) is 11.5 Å². The lowest BCUT2D eigenvalue weighted by molar-refractivity contribution is -0.137. The van der Waals surface area contributed by atoms with Crippen LogP contribution in [0.3, 0.4) is 0 Å². The molecular weight excluding hydrogens is 284 g/mol. The van der Waals surface area contributed by atoms with Crippen molar-refractivity contribution in [1.82, 2.24) is 4.90 Å². The van der Waals surface area contributed by atoms with Crippen molar-refractivity contribution in [2.24, 2.45) is 0 Å². The summed E-state index contributed by atoms with van der Waals surface area (Å²) in [4.78, 5) is 25.4. The lowest BCUT2D eigenvalue weighted by Gasteiger charge is -2.34. The van der Waals surface area contributed by atoms with Crippen LogP contribution < -0.4 is 14.8 Å². The van der Waals surface area contributed by atoms with Crippen LogP contribution in [0.5, 0.6) is 11.5 Å². The summed E-state index contributed by atoms with van der Waals surface area (Å²) in [6.07, 6.45) is 0. The molecule has 22 heavy (non-hydrogen) atoms. The molecule has 122 valence electrons. The highest BCUT2D eigenvalue weighted by molar-refractivity contribution is 5.95. The summed E-state index contributed by atoms with van der Waals surface area (Å²) in [7, 11) is 3.07. The predicted octanol–water partition coefficient (Wildman–Crippen LogP) is 2.29. The zero-order valence-electron chi connectivity index (χ0n) is 14.0. The highest BCUT2D eigenvalue weighted by Crippen LogP contribution is 2.29. The minimum atomic E-state index is -0.423. The maximum Gasteiger partial charge on any atom is 0.244 e. The van der Waals surface area contributed by atoms with Crippen LogP contribution in [0.25, 0.3) is 0 Å². The third-order valence-corrected chi connectivity index (χ3v) is 3.17. The van der Waals surface area contributed by atoms with Crippen LogP contribution in [0.2, 0.25) is 0 Å². The molecule has 0 fully saturated rings. The molecule has 0 atom stereocenters. The minimum absolute atomic E-state index is 0.0198. The molecule has 0 bridgehead atoms. The van der Waals surface area contributed by atoms with Crippen LogP contribution in [-0.2, 0) is 9.59 Å². The number of anilines is 1. The number of rotatable bonds is 5. The molecule has 1 rings (SSSR count). The van der Waals surface area contributed by atoms with Gasteiger partial charge in [0.15, 0.2) is 0 Å². The predicted molar refractivity (Wildman–Crippen MR) is 85.3 cm³/mol. The van der Waals surface area contributed by atoms with E-state index in [1.807, 2.05) is 20.8 Å². The fourth-order valence-electron chi connectivity index (χ4n) is 2.06. The lowest BCUT2D eigenvalue weighted by atomic mass is 10.1. The van der Waals surface area contributed by atoms with Crippen molar-refractivity contribution in [3.63, 3.8) is 0 Å². The fraction of sp³-hybridized carbons (Fsp3) is 0.500. The van der Waals surface area contributed by atoms with Crippen LogP contribution in [0, 0.1) is 0 Å². The Balaban J connectivity index is 2.86. The molecular formula is C16H24N2O4. The zero-order chi connectivity index (χ0) is 16.9. The van der Waals surface area contributed by atoms with Gasteiger partial charge in [-0.25, -0.2) is 0 Å². The molecule has 1 aromatic rings. The smallest absolute Gasteiger partial charge is 0.244 e. The summed E-state index contributed by atoms with van der Waals surface area (Å²) >= 11 is 0. The molecule has 0 radical (unpaired) electrons. The molecule has 0 heterocycles. The SMILES string of the molecule is COc1ccc(NC(=O)CN(C(C)=O)C(C)(C)C)c(OC)c1. The van der Waals surface area contributed by atoms with Gasteiger partial charge in [-0.15, -0.1) is 0 Å². The normalized spacial score (nSPS) is 10.8. The average Bonchev–Trinajstić information content (AvgIpc) is 2.43. The highest BCUT2D eigenvalue weighted by Gasteiger charge is 2.26. The second-order valence-corrected chi connectivity index (χ2v) is 5.89. The summed E-state index contributed by atoms with van der Waals surface area (Å²) < 4.78 is 10.3. The van der Waals surface area contributed by atoms with Crippen LogP contribution in [0.1, 0.15) is 27.7 Å². The number of carbonyl (C=O) groups is 2. The molecule has 0 saturated heterocycles. The number of nitrogens with zero attached hydrogens (tertiary/aromatic N) is 1. The van der Waals surface area contributed by atoms with Crippen molar-refractivity contribution in [2.75, 3.05) is 26.1 Å². The van der Waals surface area contributed by atoms with Gasteiger partial charge < -0.3 is 19.7 Å². The monoisotopic (exact) mass is 308 g/mol. The zero-order valence-corrected chi connectivity index (χ0v) is 14.0. The quantitative estimate of drug-likeness (QED) is 0.906. The van der Waals surface area contributed by atoms with E-state index in [0.717, 1.165) is 0 Å². The van der Waals surface area contributed by atoms with Gasteiger partial charge in [0.05, 0.1) is 19.9 Å². The number of methoxy groups -OCH3 is 2. The van der Waals surface area contributed by atoms with Gasteiger partial charge in [0.1, 0.15) is 18.0 Å². The number of benzene rings is 1. The average molecular weight is 308 g/mol. The summed E-state index contributed by atoms with van der Waals surface area (Å²) in [6.45, 7) is 7.08. The van der Waals surface area contributed by atoms with E-state index in [1.54, 1.807) is 25.3 Å². The van der Waals surface area contributed by atoms with E-state index < -0.39 is 5.54 Å². The molecule has 6 nitrogen and oxygen atoms in total. The maximum absolute atomic E-state index is 12.2. The van der Waals surface area contributed by atoms with Crippen molar-refractivity contribution in [1.29, 1.82) is 0 Å². The molecule has 0 aliphatic rings. The maximum atomic E-state index is 12.2. The Hall–Kier alpha value is -2.24. The van der Waals surface area contributed by atoms with E-state index in [9.17, 15) is 9.59 Å². The Morgan fingerprint density at radius 2 is 1.82 bits per heavy atom. The number of nitrogens with one attached hydrogen (secondary N) is 1. The van der Waals surface area contributed by atoms with Gasteiger partial charge in [0.25, 0.3) is 0 Å². The molecule has 0 aliphatic heterocycles. The van der Waals surface area contributed by atoms with E-state index in [0.29, 0.717) is 17.2 Å². The van der Waals surface area contributed by atoms with Gasteiger partial charge in [-0.1, -0.05) is 0 Å². The molecule has 1 N–H and O–H groups in total. The first-order chi connectivity index (χ1) is 10.2. The molecule has 0 unspecified atom stereocenters. The Kier molecular flexibility index (Phi) is 5.79. The summed E-state index contributed by atoms with van der Waals surface area (Å²) in [5.41, 5.74) is 0.110. The fourth-order valence-corrected chi connectivity index (χ4v) is 2.06. The summed E-state index contributed by atoms with van der Waals surface area (Å²) in [5, 5.41) is 2.76. The third-order valence-electron chi connectivity index (χ3n) is 3.17. The number of ether oxygens (including phenoxy) is 2. The van der Waals surface area contributed by atoms with Gasteiger partial charge in [0, 0.05) is 18.5 Å². The number of carbonyl (C=O) groups excluding carboxylic acids is 2. The van der Waals surface area contributed by atoms with Crippen molar-refractivity contribution < 1.29 is 19.1 Å². The number of hydrogen-bond donors (Lipinski definition) is 1. The molecule has 0 spiro atoms. The van der Waals surface area contributed by atoms with Gasteiger partial charge in [-0.3, -0.25) is 9.59 Å². The molecule has 2 amide bonds. The third kappa shape index (κ3) is 4.65.